The standard InChI is InChI=1S/C22H22N6O/c1-15-10-16(12-24-11-15)19-6-7-20-21(26-19)28(18-5-3-9-27(20)14-18)22(29)25-17-4-2-8-23-13-17/h2,4,6-8,10-13,18H,3,5,9,14H2,1H3,(H,25,29)/t18-/m0/s1. The fourth-order valence-electron chi connectivity index (χ4n) is 4.16. The minimum Gasteiger partial charge on any atom is -0.366 e. The molecule has 3 aromatic rings. The molecule has 5 heterocycles. The summed E-state index contributed by atoms with van der Waals surface area (Å²) in [6.07, 6.45) is 9.00. The second-order valence-corrected chi connectivity index (χ2v) is 7.57. The monoisotopic (exact) mass is 386 g/mol. The van der Waals surface area contributed by atoms with Gasteiger partial charge in [-0.05, 0) is 55.7 Å². The summed E-state index contributed by atoms with van der Waals surface area (Å²) in [4.78, 5) is 30.7. The molecule has 0 aromatic carbocycles. The highest BCUT2D eigenvalue weighted by Crippen LogP contribution is 2.39. The van der Waals surface area contributed by atoms with Crippen LogP contribution in [0, 0.1) is 6.92 Å². The van der Waals surface area contributed by atoms with Crippen molar-refractivity contribution in [2.24, 2.45) is 0 Å². The van der Waals surface area contributed by atoms with Crippen LogP contribution in [0.15, 0.2) is 55.1 Å². The number of amides is 2. The highest BCUT2D eigenvalue weighted by Gasteiger charge is 2.38. The van der Waals surface area contributed by atoms with Crippen LogP contribution in [0.1, 0.15) is 18.4 Å². The van der Waals surface area contributed by atoms with Crippen LogP contribution >= 0.6 is 0 Å². The number of hydrogen-bond acceptors (Lipinski definition) is 5. The van der Waals surface area contributed by atoms with E-state index in [1.165, 1.54) is 0 Å². The first-order valence-corrected chi connectivity index (χ1v) is 9.87. The van der Waals surface area contributed by atoms with Gasteiger partial charge in [-0.1, -0.05) is 0 Å². The Kier molecular flexibility index (Phi) is 4.35. The van der Waals surface area contributed by atoms with Gasteiger partial charge in [0.1, 0.15) is 0 Å². The van der Waals surface area contributed by atoms with E-state index < -0.39 is 0 Å². The van der Waals surface area contributed by atoms with Crippen molar-refractivity contribution in [1.82, 2.24) is 15.0 Å². The summed E-state index contributed by atoms with van der Waals surface area (Å²) >= 11 is 0. The van der Waals surface area contributed by atoms with Gasteiger partial charge < -0.3 is 10.2 Å². The predicted molar refractivity (Wildman–Crippen MR) is 113 cm³/mol. The first-order chi connectivity index (χ1) is 14.2. The normalized spacial score (nSPS) is 17.6. The van der Waals surface area contributed by atoms with Gasteiger partial charge >= 0.3 is 6.03 Å². The van der Waals surface area contributed by atoms with Crippen LogP contribution in [0.2, 0.25) is 0 Å². The maximum atomic E-state index is 13.2. The van der Waals surface area contributed by atoms with Crippen LogP contribution in [-0.4, -0.2) is 40.1 Å². The van der Waals surface area contributed by atoms with Gasteiger partial charge in [0.05, 0.1) is 29.3 Å². The molecule has 1 fully saturated rings. The number of nitrogens with one attached hydrogen (secondary N) is 1. The average molecular weight is 386 g/mol. The molecule has 0 unspecified atom stereocenters. The largest absolute Gasteiger partial charge is 0.366 e. The molecule has 2 aliphatic rings. The quantitative estimate of drug-likeness (QED) is 0.724. The van der Waals surface area contributed by atoms with Crippen molar-refractivity contribution in [1.29, 1.82) is 0 Å². The Hall–Kier alpha value is -3.48. The van der Waals surface area contributed by atoms with E-state index >= 15 is 0 Å². The van der Waals surface area contributed by atoms with Gasteiger partial charge in [0.15, 0.2) is 5.82 Å². The maximum absolute atomic E-state index is 13.2. The highest BCUT2D eigenvalue weighted by atomic mass is 16.2. The molecule has 1 atom stereocenters. The van der Waals surface area contributed by atoms with E-state index in [0.717, 1.165) is 48.4 Å². The number of aromatic nitrogens is 3. The molecule has 7 heteroatoms. The molecular weight excluding hydrogens is 364 g/mol. The lowest BCUT2D eigenvalue weighted by atomic mass is 9.99. The fourth-order valence-corrected chi connectivity index (χ4v) is 4.16. The fraction of sp³-hybridized carbons (Fsp3) is 0.273. The first kappa shape index (κ1) is 17.6. The van der Waals surface area contributed by atoms with Crippen LogP contribution in [0.4, 0.5) is 22.0 Å². The Bertz CT molecular complexity index is 1050. The van der Waals surface area contributed by atoms with E-state index in [2.05, 4.69) is 32.3 Å². The summed E-state index contributed by atoms with van der Waals surface area (Å²) < 4.78 is 0. The number of urea groups is 1. The third-order valence-corrected chi connectivity index (χ3v) is 5.49. The zero-order valence-corrected chi connectivity index (χ0v) is 16.2. The minimum atomic E-state index is -0.169. The molecule has 1 saturated heterocycles. The molecule has 0 spiro atoms. The zero-order valence-electron chi connectivity index (χ0n) is 16.2. The highest BCUT2D eigenvalue weighted by molar-refractivity contribution is 6.04. The number of piperidine rings is 1. The van der Waals surface area contributed by atoms with E-state index in [0.29, 0.717) is 11.5 Å². The molecule has 1 N–H and O–H groups in total. The lowest BCUT2D eigenvalue weighted by Gasteiger charge is -2.45. The van der Waals surface area contributed by atoms with E-state index in [9.17, 15) is 4.79 Å². The molecule has 0 saturated carbocycles. The van der Waals surface area contributed by atoms with Gasteiger partial charge in [-0.15, -0.1) is 0 Å². The number of nitrogens with zero attached hydrogens (tertiary/aromatic N) is 5. The molecule has 3 aromatic heterocycles. The van der Waals surface area contributed by atoms with Gasteiger partial charge in [-0.2, -0.15) is 0 Å². The van der Waals surface area contributed by atoms with Crippen LogP contribution in [0.3, 0.4) is 0 Å². The second-order valence-electron chi connectivity index (χ2n) is 7.57. The van der Waals surface area contributed by atoms with Crippen molar-refractivity contribution in [3.8, 4) is 11.3 Å². The lowest BCUT2D eigenvalue weighted by molar-refractivity contribution is 0.252. The number of carbonyl (C=O) groups is 1. The Morgan fingerprint density at radius 1 is 1.17 bits per heavy atom. The van der Waals surface area contributed by atoms with Crippen molar-refractivity contribution in [3.63, 3.8) is 0 Å². The van der Waals surface area contributed by atoms with Gasteiger partial charge in [0, 0.05) is 37.2 Å². The summed E-state index contributed by atoms with van der Waals surface area (Å²) in [5.41, 5.74) is 4.53. The molecule has 0 aliphatic carbocycles. The number of hydrogen-bond donors (Lipinski definition) is 1. The smallest absolute Gasteiger partial charge is 0.327 e. The average Bonchev–Trinajstić information content (AvgIpc) is 2.74. The molecular formula is C22H22N6O. The predicted octanol–water partition coefficient (Wildman–Crippen LogP) is 3.87. The number of aryl methyl sites for hydroxylation is 1. The van der Waals surface area contributed by atoms with Crippen molar-refractivity contribution in [2.75, 3.05) is 28.2 Å². The van der Waals surface area contributed by atoms with Crippen LogP contribution in [-0.2, 0) is 0 Å². The van der Waals surface area contributed by atoms with E-state index in [1.54, 1.807) is 12.4 Å². The van der Waals surface area contributed by atoms with E-state index in [-0.39, 0.29) is 12.1 Å². The Labute approximate surface area is 169 Å². The van der Waals surface area contributed by atoms with Crippen LogP contribution < -0.4 is 15.1 Å². The zero-order chi connectivity index (χ0) is 19.8. The first-order valence-electron chi connectivity index (χ1n) is 9.87. The van der Waals surface area contributed by atoms with Crippen molar-refractivity contribution >= 4 is 23.2 Å². The Morgan fingerprint density at radius 3 is 2.93 bits per heavy atom. The SMILES string of the molecule is Cc1cncc(-c2ccc3c(n2)N(C(=O)Nc2cccnc2)[C@H]2CCCN3C2)c1. The van der Waals surface area contributed by atoms with Crippen LogP contribution in [0.25, 0.3) is 11.3 Å². The van der Waals surface area contributed by atoms with Crippen molar-refractivity contribution < 1.29 is 4.79 Å². The van der Waals surface area contributed by atoms with Crippen LogP contribution in [0.5, 0.6) is 0 Å². The summed E-state index contributed by atoms with van der Waals surface area (Å²) in [6.45, 7) is 3.84. The molecule has 2 amide bonds. The van der Waals surface area contributed by atoms with Gasteiger partial charge in [-0.3, -0.25) is 14.9 Å². The van der Waals surface area contributed by atoms with E-state index in [1.807, 2.05) is 42.4 Å². The van der Waals surface area contributed by atoms with Gasteiger partial charge in [0.25, 0.3) is 0 Å². The summed E-state index contributed by atoms with van der Waals surface area (Å²) in [5, 5.41) is 2.98. The second kappa shape index (κ2) is 7.16. The van der Waals surface area contributed by atoms with Crippen molar-refractivity contribution in [3.05, 3.63) is 60.7 Å². The molecule has 5 rings (SSSR count). The third-order valence-electron chi connectivity index (χ3n) is 5.49. The molecule has 29 heavy (non-hydrogen) atoms. The Morgan fingerprint density at radius 2 is 2.10 bits per heavy atom. The maximum Gasteiger partial charge on any atom is 0.327 e. The minimum absolute atomic E-state index is 0.103. The molecule has 2 aliphatic heterocycles. The molecule has 0 radical (unpaired) electrons. The Balaban J connectivity index is 1.56. The summed E-state index contributed by atoms with van der Waals surface area (Å²) in [6, 6.07) is 9.73. The molecule has 7 nitrogen and oxygen atoms in total. The third kappa shape index (κ3) is 3.29. The topological polar surface area (TPSA) is 74.2 Å². The number of anilines is 3. The van der Waals surface area contributed by atoms with Gasteiger partial charge in [-0.25, -0.2) is 9.78 Å². The number of carbonyl (C=O) groups excluding carboxylic acids is 1. The molecule has 146 valence electrons. The number of rotatable bonds is 2. The van der Waals surface area contributed by atoms with E-state index in [4.69, 9.17) is 4.98 Å². The number of pyridine rings is 3. The lowest BCUT2D eigenvalue weighted by Crippen LogP contribution is -2.56. The molecule has 2 bridgehead atoms. The summed E-state index contributed by atoms with van der Waals surface area (Å²) in [7, 11) is 0. The van der Waals surface area contributed by atoms with Crippen molar-refractivity contribution in [2.45, 2.75) is 25.8 Å². The van der Waals surface area contributed by atoms with Gasteiger partial charge in [0.2, 0.25) is 0 Å². The summed E-state index contributed by atoms with van der Waals surface area (Å²) in [5.74, 6) is 0.710. The number of fused-ring (bicyclic) bond motifs is 4.